The van der Waals surface area contributed by atoms with E-state index in [1.165, 1.54) is 0 Å². The third kappa shape index (κ3) is 1.26. The van der Waals surface area contributed by atoms with E-state index in [1.807, 2.05) is 0 Å². The summed E-state index contributed by atoms with van der Waals surface area (Å²) in [4.78, 5) is 47.5. The molecule has 1 saturated heterocycles. The van der Waals surface area contributed by atoms with Gasteiger partial charge in [0.1, 0.15) is 6.04 Å². The number of imide groups is 2. The van der Waals surface area contributed by atoms with Crippen LogP contribution in [0.5, 0.6) is 0 Å². The molecule has 2 heterocycles. The minimum Gasteiger partial charge on any atom is -0.295 e. The van der Waals surface area contributed by atoms with Gasteiger partial charge in [0.15, 0.2) is 0 Å². The highest BCUT2D eigenvalue weighted by molar-refractivity contribution is 6.23. The van der Waals surface area contributed by atoms with E-state index in [0.29, 0.717) is 24.0 Å². The second-order valence-electron chi connectivity index (χ2n) is 4.42. The van der Waals surface area contributed by atoms with Crippen LogP contribution in [0.15, 0.2) is 11.1 Å². The molecular formula is C11H10N2O4. The summed E-state index contributed by atoms with van der Waals surface area (Å²) in [6.07, 6.45) is 1.89. The quantitative estimate of drug-likeness (QED) is 0.605. The lowest BCUT2D eigenvalue weighted by atomic mass is 10.1. The van der Waals surface area contributed by atoms with E-state index in [4.69, 9.17) is 0 Å². The monoisotopic (exact) mass is 234 g/mol. The Morgan fingerprint density at radius 1 is 1.00 bits per heavy atom. The van der Waals surface area contributed by atoms with Gasteiger partial charge in [0.2, 0.25) is 11.8 Å². The number of likely N-dealkylation sites (tertiary alicyclic amines) is 1. The summed E-state index contributed by atoms with van der Waals surface area (Å²) in [6.45, 7) is 0. The first-order chi connectivity index (χ1) is 8.09. The molecule has 0 aromatic carbocycles. The van der Waals surface area contributed by atoms with Crippen molar-refractivity contribution in [1.29, 1.82) is 0 Å². The SMILES string of the molecule is O=C1CC(N2C(=O)C3=C(CCC3)C2=O)C(=O)N1. The van der Waals surface area contributed by atoms with E-state index in [1.54, 1.807) is 0 Å². The number of rotatable bonds is 1. The highest BCUT2D eigenvalue weighted by Gasteiger charge is 2.48. The molecule has 2 aliphatic heterocycles. The number of nitrogens with zero attached hydrogens (tertiary/aromatic N) is 1. The molecule has 17 heavy (non-hydrogen) atoms. The molecule has 3 rings (SSSR count). The molecule has 88 valence electrons. The third-order valence-electron chi connectivity index (χ3n) is 3.43. The summed E-state index contributed by atoms with van der Waals surface area (Å²) < 4.78 is 0. The van der Waals surface area contributed by atoms with Crippen LogP contribution in [-0.4, -0.2) is 34.6 Å². The van der Waals surface area contributed by atoms with Crippen LogP contribution in [0.4, 0.5) is 0 Å². The molecule has 1 fully saturated rings. The minimum absolute atomic E-state index is 0.114. The molecule has 6 nitrogen and oxygen atoms in total. The Morgan fingerprint density at radius 3 is 2.06 bits per heavy atom. The summed E-state index contributed by atoms with van der Waals surface area (Å²) in [7, 11) is 0. The van der Waals surface area contributed by atoms with Crippen molar-refractivity contribution in [2.24, 2.45) is 0 Å². The molecule has 0 aromatic heterocycles. The fourth-order valence-corrected chi connectivity index (χ4v) is 2.63. The minimum atomic E-state index is -0.951. The molecule has 0 aromatic rings. The predicted molar refractivity (Wildman–Crippen MR) is 54.3 cm³/mol. The molecule has 6 heteroatoms. The van der Waals surface area contributed by atoms with Gasteiger partial charge in [-0.3, -0.25) is 29.4 Å². The molecule has 0 bridgehead atoms. The molecular weight excluding hydrogens is 224 g/mol. The van der Waals surface area contributed by atoms with Gasteiger partial charge in [0.25, 0.3) is 11.8 Å². The van der Waals surface area contributed by atoms with Crippen molar-refractivity contribution in [3.05, 3.63) is 11.1 Å². The molecule has 0 spiro atoms. The maximum Gasteiger partial charge on any atom is 0.257 e. The smallest absolute Gasteiger partial charge is 0.257 e. The number of amides is 4. The van der Waals surface area contributed by atoms with E-state index in [-0.39, 0.29) is 6.42 Å². The normalized spacial score (nSPS) is 28.2. The average Bonchev–Trinajstić information content (AvgIpc) is 2.90. The second-order valence-corrected chi connectivity index (χ2v) is 4.42. The van der Waals surface area contributed by atoms with Crippen LogP contribution in [0.2, 0.25) is 0 Å². The lowest BCUT2D eigenvalue weighted by Gasteiger charge is -2.20. The first kappa shape index (κ1) is 10.2. The highest BCUT2D eigenvalue weighted by Crippen LogP contribution is 2.36. The Kier molecular flexibility index (Phi) is 1.95. The van der Waals surface area contributed by atoms with Gasteiger partial charge in [0.05, 0.1) is 6.42 Å². The number of carbonyl (C=O) groups is 4. The number of carbonyl (C=O) groups excluding carboxylic acids is 4. The van der Waals surface area contributed by atoms with Crippen molar-refractivity contribution >= 4 is 23.6 Å². The van der Waals surface area contributed by atoms with Crippen molar-refractivity contribution in [1.82, 2.24) is 10.2 Å². The van der Waals surface area contributed by atoms with E-state index >= 15 is 0 Å². The molecule has 4 amide bonds. The Morgan fingerprint density at radius 2 is 1.59 bits per heavy atom. The maximum atomic E-state index is 12.0. The molecule has 1 atom stereocenters. The van der Waals surface area contributed by atoms with Gasteiger partial charge in [-0.2, -0.15) is 0 Å². The summed E-state index contributed by atoms with van der Waals surface area (Å²) >= 11 is 0. The summed E-state index contributed by atoms with van der Waals surface area (Å²) in [6, 6.07) is -0.951. The van der Waals surface area contributed by atoms with Crippen molar-refractivity contribution < 1.29 is 19.2 Å². The Labute approximate surface area is 96.6 Å². The van der Waals surface area contributed by atoms with Crippen LogP contribution >= 0.6 is 0 Å². The molecule has 1 unspecified atom stereocenters. The second kappa shape index (κ2) is 3.26. The topological polar surface area (TPSA) is 83.6 Å². The van der Waals surface area contributed by atoms with Crippen molar-refractivity contribution in [2.75, 3.05) is 0 Å². The summed E-state index contributed by atoms with van der Waals surface area (Å²) in [5, 5.41) is 2.11. The van der Waals surface area contributed by atoms with Gasteiger partial charge < -0.3 is 0 Å². The maximum absolute atomic E-state index is 12.0. The summed E-state index contributed by atoms with van der Waals surface area (Å²) in [5.41, 5.74) is 1.06. The van der Waals surface area contributed by atoms with Gasteiger partial charge in [-0.05, 0) is 19.3 Å². The standard InChI is InChI=1S/C11H10N2O4/c14-8-4-7(9(15)12-8)13-10(16)5-2-1-3-6(5)11(13)17/h7H,1-4H2,(H,12,14,15). The van der Waals surface area contributed by atoms with Gasteiger partial charge in [-0.15, -0.1) is 0 Å². The lowest BCUT2D eigenvalue weighted by molar-refractivity contribution is -0.144. The van der Waals surface area contributed by atoms with Gasteiger partial charge in [0, 0.05) is 11.1 Å². The van der Waals surface area contributed by atoms with Crippen molar-refractivity contribution in [3.63, 3.8) is 0 Å². The Balaban J connectivity index is 1.92. The summed E-state index contributed by atoms with van der Waals surface area (Å²) in [5.74, 6) is -1.78. The van der Waals surface area contributed by atoms with Crippen LogP contribution in [0.25, 0.3) is 0 Å². The van der Waals surface area contributed by atoms with E-state index < -0.39 is 29.7 Å². The van der Waals surface area contributed by atoms with Crippen LogP contribution in [-0.2, 0) is 19.2 Å². The van der Waals surface area contributed by atoms with Crippen LogP contribution in [0, 0.1) is 0 Å². The molecule has 1 N–H and O–H groups in total. The van der Waals surface area contributed by atoms with E-state index in [0.717, 1.165) is 11.3 Å². The van der Waals surface area contributed by atoms with Crippen LogP contribution < -0.4 is 5.32 Å². The fraction of sp³-hybridized carbons (Fsp3) is 0.455. The molecule has 1 aliphatic carbocycles. The Hall–Kier alpha value is -1.98. The van der Waals surface area contributed by atoms with Crippen molar-refractivity contribution in [2.45, 2.75) is 31.7 Å². The molecule has 0 radical (unpaired) electrons. The number of hydrogen-bond donors (Lipinski definition) is 1. The van der Waals surface area contributed by atoms with Gasteiger partial charge in [-0.25, -0.2) is 0 Å². The first-order valence-electron chi connectivity index (χ1n) is 5.53. The van der Waals surface area contributed by atoms with Crippen LogP contribution in [0.3, 0.4) is 0 Å². The van der Waals surface area contributed by atoms with Gasteiger partial charge >= 0.3 is 0 Å². The third-order valence-corrected chi connectivity index (χ3v) is 3.43. The fourth-order valence-electron chi connectivity index (χ4n) is 2.63. The van der Waals surface area contributed by atoms with E-state index in [9.17, 15) is 19.2 Å². The zero-order valence-corrected chi connectivity index (χ0v) is 8.99. The average molecular weight is 234 g/mol. The molecule has 0 saturated carbocycles. The zero-order valence-electron chi connectivity index (χ0n) is 8.99. The lowest BCUT2D eigenvalue weighted by Crippen LogP contribution is -2.45. The van der Waals surface area contributed by atoms with E-state index in [2.05, 4.69) is 5.32 Å². The number of nitrogens with one attached hydrogen (secondary N) is 1. The Bertz CT molecular complexity index is 480. The van der Waals surface area contributed by atoms with Crippen LogP contribution in [0.1, 0.15) is 25.7 Å². The zero-order chi connectivity index (χ0) is 12.2. The highest BCUT2D eigenvalue weighted by atomic mass is 16.2. The van der Waals surface area contributed by atoms with Crippen molar-refractivity contribution in [3.8, 4) is 0 Å². The largest absolute Gasteiger partial charge is 0.295 e. The predicted octanol–water partition coefficient (Wildman–Crippen LogP) is -0.749. The van der Waals surface area contributed by atoms with Gasteiger partial charge in [-0.1, -0.05) is 0 Å². The number of hydrogen-bond acceptors (Lipinski definition) is 4. The molecule has 3 aliphatic rings. The first-order valence-corrected chi connectivity index (χ1v) is 5.53.